The molecule has 2 heterocycles. The van der Waals surface area contributed by atoms with E-state index in [1.165, 1.54) is 0 Å². The third-order valence-corrected chi connectivity index (χ3v) is 4.16. The van der Waals surface area contributed by atoms with Gasteiger partial charge < -0.3 is 15.5 Å². The minimum atomic E-state index is -0.344. The fraction of sp³-hybridized carbons (Fsp3) is 0.500. The first-order chi connectivity index (χ1) is 11.7. The number of amides is 1. The van der Waals surface area contributed by atoms with Crippen LogP contribution >= 0.6 is 0 Å². The number of tetrazole rings is 1. The molecule has 1 aliphatic rings. The Hall–Kier alpha value is -2.48. The Labute approximate surface area is 141 Å². The molecule has 0 saturated carbocycles. The SMILES string of the molecule is CCC(Nc1nnnn1-c1ccccc1)C(=O)N1CCNC(C)C1. The van der Waals surface area contributed by atoms with Crippen molar-refractivity contribution < 1.29 is 4.79 Å². The number of nitrogens with one attached hydrogen (secondary N) is 2. The summed E-state index contributed by atoms with van der Waals surface area (Å²) < 4.78 is 1.61. The van der Waals surface area contributed by atoms with E-state index >= 15 is 0 Å². The topological polar surface area (TPSA) is 88.0 Å². The van der Waals surface area contributed by atoms with Gasteiger partial charge in [-0.25, -0.2) is 0 Å². The third kappa shape index (κ3) is 3.53. The second-order valence-corrected chi connectivity index (χ2v) is 5.99. The predicted octanol–water partition coefficient (Wildman–Crippen LogP) is 0.673. The van der Waals surface area contributed by atoms with Gasteiger partial charge in [-0.1, -0.05) is 30.2 Å². The van der Waals surface area contributed by atoms with Crippen LogP contribution in [0.1, 0.15) is 20.3 Å². The second-order valence-electron chi connectivity index (χ2n) is 5.99. The number of piperazine rings is 1. The summed E-state index contributed by atoms with van der Waals surface area (Å²) >= 11 is 0. The Kier molecular flexibility index (Phi) is 5.05. The van der Waals surface area contributed by atoms with Crippen LogP contribution in [0.15, 0.2) is 30.3 Å². The van der Waals surface area contributed by atoms with E-state index in [1.807, 2.05) is 42.2 Å². The highest BCUT2D eigenvalue weighted by atomic mass is 16.2. The van der Waals surface area contributed by atoms with Gasteiger partial charge in [-0.15, -0.1) is 0 Å². The highest BCUT2D eigenvalue weighted by Gasteiger charge is 2.27. The molecule has 8 nitrogen and oxygen atoms in total. The van der Waals surface area contributed by atoms with Crippen LogP contribution in [-0.4, -0.2) is 62.7 Å². The van der Waals surface area contributed by atoms with Crippen LogP contribution < -0.4 is 10.6 Å². The largest absolute Gasteiger partial charge is 0.341 e. The Morgan fingerprint density at radius 1 is 1.42 bits per heavy atom. The molecule has 0 bridgehead atoms. The first kappa shape index (κ1) is 16.4. The highest BCUT2D eigenvalue weighted by Crippen LogP contribution is 2.14. The zero-order valence-electron chi connectivity index (χ0n) is 14.0. The molecular weight excluding hydrogens is 306 g/mol. The van der Waals surface area contributed by atoms with Gasteiger partial charge in [-0.05, 0) is 35.9 Å². The van der Waals surface area contributed by atoms with Gasteiger partial charge >= 0.3 is 0 Å². The molecule has 0 aliphatic carbocycles. The summed E-state index contributed by atoms with van der Waals surface area (Å²) in [6.45, 7) is 6.35. The number of carbonyl (C=O) groups excluding carboxylic acids is 1. The number of para-hydroxylation sites is 1. The fourth-order valence-electron chi connectivity index (χ4n) is 2.87. The van der Waals surface area contributed by atoms with Crippen molar-refractivity contribution in [1.29, 1.82) is 0 Å². The summed E-state index contributed by atoms with van der Waals surface area (Å²) in [5, 5.41) is 18.3. The average molecular weight is 329 g/mol. The van der Waals surface area contributed by atoms with Crippen molar-refractivity contribution in [3.05, 3.63) is 30.3 Å². The molecule has 0 radical (unpaired) electrons. The van der Waals surface area contributed by atoms with Crippen molar-refractivity contribution in [2.45, 2.75) is 32.4 Å². The lowest BCUT2D eigenvalue weighted by atomic mass is 10.1. The molecule has 0 spiro atoms. The van der Waals surface area contributed by atoms with E-state index in [2.05, 4.69) is 33.1 Å². The van der Waals surface area contributed by atoms with Crippen molar-refractivity contribution in [2.24, 2.45) is 0 Å². The Balaban J connectivity index is 1.74. The van der Waals surface area contributed by atoms with Gasteiger partial charge in [0.25, 0.3) is 0 Å². The van der Waals surface area contributed by atoms with Gasteiger partial charge in [0, 0.05) is 25.7 Å². The zero-order chi connectivity index (χ0) is 16.9. The van der Waals surface area contributed by atoms with E-state index in [0.717, 1.165) is 25.3 Å². The van der Waals surface area contributed by atoms with Crippen LogP contribution in [0.3, 0.4) is 0 Å². The molecule has 2 aromatic rings. The molecule has 1 aliphatic heterocycles. The molecule has 128 valence electrons. The van der Waals surface area contributed by atoms with Gasteiger partial charge in [0.15, 0.2) is 0 Å². The van der Waals surface area contributed by atoms with Crippen molar-refractivity contribution >= 4 is 11.9 Å². The quantitative estimate of drug-likeness (QED) is 0.838. The smallest absolute Gasteiger partial charge is 0.248 e. The van der Waals surface area contributed by atoms with E-state index < -0.39 is 0 Å². The van der Waals surface area contributed by atoms with Crippen LogP contribution in [0, 0.1) is 0 Å². The van der Waals surface area contributed by atoms with E-state index in [9.17, 15) is 4.79 Å². The molecule has 3 rings (SSSR count). The lowest BCUT2D eigenvalue weighted by molar-refractivity contribution is -0.133. The van der Waals surface area contributed by atoms with Crippen LogP contribution in [0.2, 0.25) is 0 Å². The molecule has 8 heteroatoms. The summed E-state index contributed by atoms with van der Waals surface area (Å²) in [7, 11) is 0. The maximum absolute atomic E-state index is 12.8. The van der Waals surface area contributed by atoms with Crippen molar-refractivity contribution in [3.8, 4) is 5.69 Å². The van der Waals surface area contributed by atoms with Gasteiger partial charge in [0.2, 0.25) is 11.9 Å². The normalized spacial score (nSPS) is 19.1. The molecular formula is C16H23N7O. The molecule has 1 amide bonds. The lowest BCUT2D eigenvalue weighted by Gasteiger charge is -2.34. The van der Waals surface area contributed by atoms with Gasteiger partial charge in [-0.3, -0.25) is 4.79 Å². The van der Waals surface area contributed by atoms with Gasteiger partial charge in [0.05, 0.1) is 5.69 Å². The lowest BCUT2D eigenvalue weighted by Crippen LogP contribution is -2.54. The molecule has 1 aromatic heterocycles. The average Bonchev–Trinajstić information content (AvgIpc) is 3.08. The van der Waals surface area contributed by atoms with Crippen molar-refractivity contribution in [1.82, 2.24) is 30.4 Å². The Morgan fingerprint density at radius 2 is 2.21 bits per heavy atom. The maximum Gasteiger partial charge on any atom is 0.248 e. The summed E-state index contributed by atoms with van der Waals surface area (Å²) in [5.41, 5.74) is 0.850. The number of anilines is 1. The fourth-order valence-corrected chi connectivity index (χ4v) is 2.87. The molecule has 2 atom stereocenters. The highest BCUT2D eigenvalue weighted by molar-refractivity contribution is 5.84. The number of benzene rings is 1. The van der Waals surface area contributed by atoms with Crippen LogP contribution in [0.5, 0.6) is 0 Å². The van der Waals surface area contributed by atoms with E-state index in [1.54, 1.807) is 4.68 Å². The summed E-state index contributed by atoms with van der Waals surface area (Å²) in [6, 6.07) is 9.59. The molecule has 2 unspecified atom stereocenters. The third-order valence-electron chi connectivity index (χ3n) is 4.16. The standard InChI is InChI=1S/C16H23N7O/c1-3-14(15(24)22-10-9-17-12(2)11-22)18-16-19-20-21-23(16)13-7-5-4-6-8-13/h4-8,12,14,17H,3,9-11H2,1-2H3,(H,18,19,21). The Bertz CT molecular complexity index is 672. The monoisotopic (exact) mass is 329 g/mol. The zero-order valence-corrected chi connectivity index (χ0v) is 14.0. The molecule has 24 heavy (non-hydrogen) atoms. The van der Waals surface area contributed by atoms with E-state index in [4.69, 9.17) is 0 Å². The number of hydrogen-bond donors (Lipinski definition) is 2. The van der Waals surface area contributed by atoms with Gasteiger partial charge in [0.1, 0.15) is 6.04 Å². The predicted molar refractivity (Wildman–Crippen MR) is 90.9 cm³/mol. The van der Waals surface area contributed by atoms with E-state index in [-0.39, 0.29) is 11.9 Å². The first-order valence-corrected chi connectivity index (χ1v) is 8.31. The number of aromatic nitrogens is 4. The molecule has 2 N–H and O–H groups in total. The van der Waals surface area contributed by atoms with Crippen LogP contribution in [0.25, 0.3) is 5.69 Å². The Morgan fingerprint density at radius 3 is 2.92 bits per heavy atom. The second kappa shape index (κ2) is 7.39. The number of rotatable bonds is 5. The first-order valence-electron chi connectivity index (χ1n) is 8.31. The molecule has 1 aromatic carbocycles. The maximum atomic E-state index is 12.8. The van der Waals surface area contributed by atoms with Crippen LogP contribution in [-0.2, 0) is 4.79 Å². The van der Waals surface area contributed by atoms with E-state index in [0.29, 0.717) is 18.4 Å². The van der Waals surface area contributed by atoms with Crippen molar-refractivity contribution in [2.75, 3.05) is 25.0 Å². The number of carbonyl (C=O) groups is 1. The number of nitrogens with zero attached hydrogens (tertiary/aromatic N) is 5. The molecule has 1 saturated heterocycles. The number of hydrogen-bond acceptors (Lipinski definition) is 6. The minimum Gasteiger partial charge on any atom is -0.341 e. The minimum absolute atomic E-state index is 0.0912. The summed E-state index contributed by atoms with van der Waals surface area (Å²) in [5.74, 6) is 0.568. The summed E-state index contributed by atoms with van der Waals surface area (Å²) in [4.78, 5) is 14.7. The van der Waals surface area contributed by atoms with Crippen molar-refractivity contribution in [3.63, 3.8) is 0 Å². The van der Waals surface area contributed by atoms with Gasteiger partial charge in [-0.2, -0.15) is 4.68 Å². The van der Waals surface area contributed by atoms with Crippen LogP contribution in [0.4, 0.5) is 5.95 Å². The molecule has 1 fully saturated rings. The summed E-state index contributed by atoms with van der Waals surface area (Å²) in [6.07, 6.45) is 0.665.